The molecule has 0 aliphatic carbocycles. The van der Waals surface area contributed by atoms with E-state index in [1.165, 1.54) is 17.0 Å². The lowest BCUT2D eigenvalue weighted by molar-refractivity contribution is -0.384. The van der Waals surface area contributed by atoms with Crippen LogP contribution in [0.3, 0.4) is 0 Å². The van der Waals surface area contributed by atoms with E-state index < -0.39 is 10.6 Å². The predicted octanol–water partition coefficient (Wildman–Crippen LogP) is 4.30. The number of halogens is 2. The zero-order valence-corrected chi connectivity index (χ0v) is 14.6. The lowest BCUT2D eigenvalue weighted by Gasteiger charge is -2.11. The van der Waals surface area contributed by atoms with Crippen LogP contribution in [0, 0.1) is 10.1 Å². The molecule has 26 heavy (non-hydrogen) atoms. The van der Waals surface area contributed by atoms with E-state index in [2.05, 4.69) is 4.98 Å². The van der Waals surface area contributed by atoms with Crippen LogP contribution >= 0.6 is 23.2 Å². The first-order chi connectivity index (χ1) is 12.4. The van der Waals surface area contributed by atoms with Gasteiger partial charge in [-0.3, -0.25) is 14.7 Å². The van der Waals surface area contributed by atoms with E-state index >= 15 is 0 Å². The standard InChI is InChI=1S/C17H11Cl2N3O4/c18-14-6-12(22(24)25)7-15(19)16(14)26-13-8-20-17(23)21(10-13)9-11-4-2-1-3-5-11/h1-8,10H,9H2. The molecule has 0 unspecified atom stereocenters. The van der Waals surface area contributed by atoms with Crippen LogP contribution in [0.25, 0.3) is 0 Å². The van der Waals surface area contributed by atoms with Crippen molar-refractivity contribution in [2.45, 2.75) is 6.54 Å². The molecule has 0 atom stereocenters. The molecule has 0 radical (unpaired) electrons. The number of benzene rings is 2. The van der Waals surface area contributed by atoms with Crippen molar-refractivity contribution in [1.29, 1.82) is 0 Å². The molecule has 7 nitrogen and oxygen atoms in total. The Balaban J connectivity index is 1.91. The van der Waals surface area contributed by atoms with E-state index in [4.69, 9.17) is 27.9 Å². The highest BCUT2D eigenvalue weighted by molar-refractivity contribution is 6.37. The van der Waals surface area contributed by atoms with Gasteiger partial charge in [-0.15, -0.1) is 0 Å². The number of hydrogen-bond acceptors (Lipinski definition) is 5. The molecule has 0 fully saturated rings. The van der Waals surface area contributed by atoms with Crippen molar-refractivity contribution < 1.29 is 9.66 Å². The molecular weight excluding hydrogens is 381 g/mol. The quantitative estimate of drug-likeness (QED) is 0.477. The second-order valence-electron chi connectivity index (χ2n) is 5.28. The molecule has 0 spiro atoms. The molecule has 0 saturated carbocycles. The van der Waals surface area contributed by atoms with E-state index in [1.807, 2.05) is 30.3 Å². The predicted molar refractivity (Wildman–Crippen MR) is 97.2 cm³/mol. The van der Waals surface area contributed by atoms with Gasteiger partial charge in [0.1, 0.15) is 0 Å². The SMILES string of the molecule is O=c1ncc(Oc2c(Cl)cc([N+](=O)[O-])cc2Cl)cn1Cc1ccccc1. The summed E-state index contributed by atoms with van der Waals surface area (Å²) in [7, 11) is 0. The van der Waals surface area contributed by atoms with E-state index in [0.717, 1.165) is 17.7 Å². The van der Waals surface area contributed by atoms with Gasteiger partial charge in [0, 0.05) is 12.1 Å². The van der Waals surface area contributed by atoms with Crippen molar-refractivity contribution in [2.24, 2.45) is 0 Å². The van der Waals surface area contributed by atoms with E-state index in [1.54, 1.807) is 0 Å². The van der Waals surface area contributed by atoms with Crippen LogP contribution in [0.1, 0.15) is 5.56 Å². The van der Waals surface area contributed by atoms with Gasteiger partial charge < -0.3 is 4.74 Å². The first-order valence-electron chi connectivity index (χ1n) is 7.36. The summed E-state index contributed by atoms with van der Waals surface area (Å²) in [6, 6.07) is 11.6. The summed E-state index contributed by atoms with van der Waals surface area (Å²) in [6.45, 7) is 0.311. The van der Waals surface area contributed by atoms with Crippen molar-refractivity contribution in [3.8, 4) is 11.5 Å². The van der Waals surface area contributed by atoms with Gasteiger partial charge >= 0.3 is 5.69 Å². The Bertz CT molecular complexity index is 999. The van der Waals surface area contributed by atoms with Crippen LogP contribution in [-0.4, -0.2) is 14.5 Å². The highest BCUT2D eigenvalue weighted by Crippen LogP contribution is 2.39. The molecule has 9 heteroatoms. The van der Waals surface area contributed by atoms with E-state index in [9.17, 15) is 14.9 Å². The molecule has 0 aliphatic heterocycles. The van der Waals surface area contributed by atoms with Gasteiger partial charge in [-0.1, -0.05) is 53.5 Å². The summed E-state index contributed by atoms with van der Waals surface area (Å²) in [5.74, 6) is 0.267. The molecule has 0 saturated heterocycles. The summed E-state index contributed by atoms with van der Waals surface area (Å²) in [6.07, 6.45) is 2.70. The fourth-order valence-corrected chi connectivity index (χ4v) is 2.80. The minimum absolute atomic E-state index is 0.0231. The molecule has 3 aromatic rings. The van der Waals surface area contributed by atoms with E-state index in [0.29, 0.717) is 6.54 Å². The molecule has 2 aromatic carbocycles. The van der Waals surface area contributed by atoms with Gasteiger partial charge in [0.25, 0.3) is 5.69 Å². The maximum atomic E-state index is 12.0. The Kier molecular flexibility index (Phi) is 5.20. The van der Waals surface area contributed by atoms with Crippen molar-refractivity contribution in [1.82, 2.24) is 9.55 Å². The van der Waals surface area contributed by atoms with Gasteiger partial charge in [-0.25, -0.2) is 4.79 Å². The topological polar surface area (TPSA) is 87.3 Å². The molecule has 0 amide bonds. The highest BCUT2D eigenvalue weighted by Gasteiger charge is 2.17. The summed E-state index contributed by atoms with van der Waals surface area (Å²) < 4.78 is 6.97. The van der Waals surface area contributed by atoms with Crippen LogP contribution in [0.2, 0.25) is 10.0 Å². The molecular formula is C17H11Cl2N3O4. The molecule has 132 valence electrons. The zero-order chi connectivity index (χ0) is 18.7. The lowest BCUT2D eigenvalue weighted by Crippen LogP contribution is -2.22. The maximum absolute atomic E-state index is 12.0. The minimum Gasteiger partial charge on any atom is -0.451 e. The highest BCUT2D eigenvalue weighted by atomic mass is 35.5. The van der Waals surface area contributed by atoms with Crippen molar-refractivity contribution in [3.05, 3.63) is 91.1 Å². The third-order valence-electron chi connectivity index (χ3n) is 3.44. The van der Waals surface area contributed by atoms with Crippen LogP contribution < -0.4 is 10.4 Å². The monoisotopic (exact) mass is 391 g/mol. The van der Waals surface area contributed by atoms with Crippen molar-refractivity contribution in [2.75, 3.05) is 0 Å². The summed E-state index contributed by atoms with van der Waals surface area (Å²) in [4.78, 5) is 25.9. The Morgan fingerprint density at radius 1 is 1.15 bits per heavy atom. The number of hydrogen-bond donors (Lipinski definition) is 0. The normalized spacial score (nSPS) is 10.5. The summed E-state index contributed by atoms with van der Waals surface area (Å²) in [5, 5.41) is 10.8. The summed E-state index contributed by atoms with van der Waals surface area (Å²) >= 11 is 12.1. The second kappa shape index (κ2) is 7.55. The average molecular weight is 392 g/mol. The first-order valence-corrected chi connectivity index (χ1v) is 8.11. The Hall–Kier alpha value is -2.90. The number of nitrogens with zero attached hydrogens (tertiary/aromatic N) is 3. The van der Waals surface area contributed by atoms with Gasteiger partial charge in [0.2, 0.25) is 0 Å². The summed E-state index contributed by atoms with van der Waals surface area (Å²) in [5.41, 5.74) is 0.224. The number of ether oxygens (including phenoxy) is 1. The Morgan fingerprint density at radius 2 is 1.81 bits per heavy atom. The average Bonchev–Trinajstić information content (AvgIpc) is 2.61. The fraction of sp³-hybridized carbons (Fsp3) is 0.0588. The number of non-ortho nitro benzene ring substituents is 1. The van der Waals surface area contributed by atoms with Crippen molar-refractivity contribution in [3.63, 3.8) is 0 Å². The van der Waals surface area contributed by atoms with Gasteiger partial charge in [-0.2, -0.15) is 4.98 Å². The minimum atomic E-state index is -0.608. The van der Waals surface area contributed by atoms with Crippen LogP contribution in [0.4, 0.5) is 5.69 Å². The maximum Gasteiger partial charge on any atom is 0.348 e. The zero-order valence-electron chi connectivity index (χ0n) is 13.1. The third kappa shape index (κ3) is 4.01. The first kappa shape index (κ1) is 17.9. The third-order valence-corrected chi connectivity index (χ3v) is 4.00. The number of aromatic nitrogens is 2. The molecule has 3 rings (SSSR count). The number of rotatable bonds is 5. The van der Waals surface area contributed by atoms with Crippen LogP contribution in [0.5, 0.6) is 11.5 Å². The Labute approximate surface area is 157 Å². The molecule has 1 aromatic heterocycles. The Morgan fingerprint density at radius 3 is 2.42 bits per heavy atom. The number of nitro groups is 1. The van der Waals surface area contributed by atoms with Crippen molar-refractivity contribution >= 4 is 28.9 Å². The smallest absolute Gasteiger partial charge is 0.348 e. The van der Waals surface area contributed by atoms with Gasteiger partial charge in [0.05, 0.1) is 33.9 Å². The largest absolute Gasteiger partial charge is 0.451 e. The number of nitro benzene ring substituents is 1. The fourth-order valence-electron chi connectivity index (χ4n) is 2.25. The molecule has 1 heterocycles. The van der Waals surface area contributed by atoms with Gasteiger partial charge in [0.15, 0.2) is 11.5 Å². The molecule has 0 N–H and O–H groups in total. The second-order valence-corrected chi connectivity index (χ2v) is 6.10. The molecule has 0 aliphatic rings. The molecule has 0 bridgehead atoms. The van der Waals surface area contributed by atoms with Crippen LogP contribution in [0.15, 0.2) is 59.7 Å². The van der Waals surface area contributed by atoms with E-state index in [-0.39, 0.29) is 27.2 Å². The van der Waals surface area contributed by atoms with Crippen LogP contribution in [-0.2, 0) is 6.54 Å². The van der Waals surface area contributed by atoms with Gasteiger partial charge in [-0.05, 0) is 5.56 Å². The lowest BCUT2D eigenvalue weighted by atomic mass is 10.2.